The highest BCUT2D eigenvalue weighted by molar-refractivity contribution is 5.97. The molecule has 0 saturated carbocycles. The van der Waals surface area contributed by atoms with Crippen LogP contribution in [0.15, 0.2) is 40.7 Å². The Morgan fingerprint density at radius 3 is 2.45 bits per heavy atom. The lowest BCUT2D eigenvalue weighted by atomic mass is 10.2. The summed E-state index contributed by atoms with van der Waals surface area (Å²) < 4.78 is 38.1. The van der Waals surface area contributed by atoms with E-state index in [1.807, 2.05) is 13.0 Å². The van der Waals surface area contributed by atoms with Crippen molar-refractivity contribution in [3.05, 3.63) is 47.1 Å². The van der Waals surface area contributed by atoms with Crippen molar-refractivity contribution in [3.8, 4) is 0 Å². The predicted molar refractivity (Wildman–Crippen MR) is 71.8 cm³/mol. The first-order valence-corrected chi connectivity index (χ1v) is 6.03. The van der Waals surface area contributed by atoms with Gasteiger partial charge in [-0.15, -0.1) is 0 Å². The molecule has 0 atom stereocenters. The Bertz CT molecular complexity index is 625. The lowest BCUT2D eigenvalue weighted by molar-refractivity contribution is -0.141. The van der Waals surface area contributed by atoms with Crippen molar-refractivity contribution in [3.63, 3.8) is 0 Å². The molecule has 2 heterocycles. The van der Waals surface area contributed by atoms with Gasteiger partial charge in [0.2, 0.25) is 0 Å². The van der Waals surface area contributed by atoms with Gasteiger partial charge in [0.1, 0.15) is 11.4 Å². The molecule has 6 heteroatoms. The van der Waals surface area contributed by atoms with Crippen molar-refractivity contribution < 1.29 is 13.2 Å². The number of nitrogens with zero attached hydrogens (tertiary/aromatic N) is 2. The standard InChI is InChI=1S/C14H14F3N3/c1-8-7-9(2)19-13(10(3)18-8)11-5-4-6-12(20-11)14(15,16)17/h4-7,18H,1-3H3. The third kappa shape index (κ3) is 3.07. The molecule has 106 valence electrons. The van der Waals surface area contributed by atoms with Crippen molar-refractivity contribution in [2.45, 2.75) is 26.9 Å². The molecule has 0 spiro atoms. The number of rotatable bonds is 1. The van der Waals surface area contributed by atoms with Crippen LogP contribution in [0.1, 0.15) is 32.2 Å². The number of alkyl halides is 3. The van der Waals surface area contributed by atoms with Crippen LogP contribution in [0.4, 0.5) is 13.2 Å². The van der Waals surface area contributed by atoms with E-state index in [1.54, 1.807) is 13.8 Å². The van der Waals surface area contributed by atoms with Crippen LogP contribution in [0.25, 0.3) is 5.70 Å². The molecule has 20 heavy (non-hydrogen) atoms. The van der Waals surface area contributed by atoms with Gasteiger partial charge in [-0.25, -0.2) is 9.98 Å². The average molecular weight is 281 g/mol. The van der Waals surface area contributed by atoms with Gasteiger partial charge in [0, 0.05) is 17.1 Å². The molecule has 0 radical (unpaired) electrons. The van der Waals surface area contributed by atoms with Crippen LogP contribution in [-0.4, -0.2) is 10.7 Å². The maximum Gasteiger partial charge on any atom is 0.433 e. The first-order chi connectivity index (χ1) is 9.27. The third-order valence-electron chi connectivity index (χ3n) is 2.74. The van der Waals surface area contributed by atoms with Crippen molar-refractivity contribution in [1.82, 2.24) is 10.3 Å². The molecule has 0 bridgehead atoms. The zero-order valence-electron chi connectivity index (χ0n) is 11.3. The molecule has 0 aromatic carbocycles. The number of aliphatic imine (C=N–C) groups is 1. The minimum atomic E-state index is -4.46. The van der Waals surface area contributed by atoms with Gasteiger partial charge in [0.15, 0.2) is 0 Å². The van der Waals surface area contributed by atoms with Crippen molar-refractivity contribution >= 4 is 11.4 Å². The first-order valence-electron chi connectivity index (χ1n) is 6.03. The van der Waals surface area contributed by atoms with Gasteiger partial charge in [-0.3, -0.25) is 0 Å². The van der Waals surface area contributed by atoms with Crippen LogP contribution in [0.5, 0.6) is 0 Å². The van der Waals surface area contributed by atoms with Crippen LogP contribution in [0, 0.1) is 0 Å². The summed E-state index contributed by atoms with van der Waals surface area (Å²) in [6, 6.07) is 3.80. The normalized spacial score (nSPS) is 16.3. The van der Waals surface area contributed by atoms with Gasteiger partial charge in [-0.2, -0.15) is 13.2 Å². The molecule has 3 nitrogen and oxygen atoms in total. The highest BCUT2D eigenvalue weighted by atomic mass is 19.4. The van der Waals surface area contributed by atoms with Crippen LogP contribution < -0.4 is 5.32 Å². The molecule has 2 rings (SSSR count). The van der Waals surface area contributed by atoms with Crippen LogP contribution in [0.2, 0.25) is 0 Å². The van der Waals surface area contributed by atoms with E-state index in [9.17, 15) is 13.2 Å². The second-order valence-corrected chi connectivity index (χ2v) is 4.58. The number of aromatic nitrogens is 1. The topological polar surface area (TPSA) is 37.3 Å². The van der Waals surface area contributed by atoms with Crippen molar-refractivity contribution in [2.24, 2.45) is 4.99 Å². The summed E-state index contributed by atoms with van der Waals surface area (Å²) in [6.07, 6.45) is -2.64. The van der Waals surface area contributed by atoms with Crippen LogP contribution in [-0.2, 0) is 6.18 Å². The highest BCUT2D eigenvalue weighted by Crippen LogP contribution is 2.29. The molecule has 0 fully saturated rings. The minimum Gasteiger partial charge on any atom is -0.361 e. The molecule has 1 N–H and O–H groups in total. The fraction of sp³-hybridized carbons (Fsp3) is 0.286. The molecule has 0 unspecified atom stereocenters. The Kier molecular flexibility index (Phi) is 3.65. The van der Waals surface area contributed by atoms with Crippen LogP contribution >= 0.6 is 0 Å². The third-order valence-corrected chi connectivity index (χ3v) is 2.74. The summed E-state index contributed by atoms with van der Waals surface area (Å²) in [5, 5.41) is 3.08. The molecule has 0 amide bonds. The van der Waals surface area contributed by atoms with E-state index in [-0.39, 0.29) is 5.69 Å². The minimum absolute atomic E-state index is 0.201. The second kappa shape index (κ2) is 5.11. The number of allylic oxidation sites excluding steroid dienone is 3. The summed E-state index contributed by atoms with van der Waals surface area (Å²) in [4.78, 5) is 7.99. The summed E-state index contributed by atoms with van der Waals surface area (Å²) in [7, 11) is 0. The number of hydrogen-bond acceptors (Lipinski definition) is 3. The molecular formula is C14H14F3N3. The fourth-order valence-electron chi connectivity index (χ4n) is 1.97. The van der Waals surface area contributed by atoms with Gasteiger partial charge in [0.25, 0.3) is 0 Å². The molecule has 1 aliphatic rings. The van der Waals surface area contributed by atoms with E-state index in [0.717, 1.165) is 11.8 Å². The summed E-state index contributed by atoms with van der Waals surface area (Å²) in [5.41, 5.74) is 1.96. The average Bonchev–Trinajstić information content (AvgIpc) is 2.46. The van der Waals surface area contributed by atoms with Gasteiger partial charge < -0.3 is 5.32 Å². The Balaban J connectivity index is 2.51. The largest absolute Gasteiger partial charge is 0.433 e. The second-order valence-electron chi connectivity index (χ2n) is 4.58. The molecule has 1 aromatic rings. The van der Waals surface area contributed by atoms with E-state index in [0.29, 0.717) is 17.1 Å². The summed E-state index contributed by atoms with van der Waals surface area (Å²) >= 11 is 0. The smallest absolute Gasteiger partial charge is 0.361 e. The number of hydrogen-bond donors (Lipinski definition) is 1. The monoisotopic (exact) mass is 281 g/mol. The predicted octanol–water partition coefficient (Wildman–Crippen LogP) is 3.76. The number of halogens is 3. The van der Waals surface area contributed by atoms with Gasteiger partial charge in [0.05, 0.1) is 5.69 Å². The zero-order valence-corrected chi connectivity index (χ0v) is 11.3. The lowest BCUT2D eigenvalue weighted by Gasteiger charge is -2.11. The van der Waals surface area contributed by atoms with Crippen LogP contribution in [0.3, 0.4) is 0 Å². The van der Waals surface area contributed by atoms with Gasteiger partial charge >= 0.3 is 6.18 Å². The summed E-state index contributed by atoms with van der Waals surface area (Å²) in [6.45, 7) is 5.42. The Hall–Kier alpha value is -2.11. The zero-order chi connectivity index (χ0) is 14.9. The Morgan fingerprint density at radius 1 is 1.10 bits per heavy atom. The SMILES string of the molecule is CC1=CC(C)=NC(c2cccc(C(F)(F)F)n2)=C(C)N1. The van der Waals surface area contributed by atoms with E-state index in [2.05, 4.69) is 15.3 Å². The van der Waals surface area contributed by atoms with Crippen molar-refractivity contribution in [1.29, 1.82) is 0 Å². The first kappa shape index (κ1) is 14.3. The molecule has 0 aliphatic carbocycles. The van der Waals surface area contributed by atoms with E-state index < -0.39 is 11.9 Å². The molecule has 0 saturated heterocycles. The number of nitrogens with one attached hydrogen (secondary N) is 1. The van der Waals surface area contributed by atoms with E-state index in [1.165, 1.54) is 12.1 Å². The van der Waals surface area contributed by atoms with E-state index in [4.69, 9.17) is 0 Å². The molecular weight excluding hydrogens is 267 g/mol. The van der Waals surface area contributed by atoms with Gasteiger partial charge in [-0.1, -0.05) is 6.07 Å². The lowest BCUT2D eigenvalue weighted by Crippen LogP contribution is -2.11. The molecule has 1 aromatic heterocycles. The fourth-order valence-corrected chi connectivity index (χ4v) is 1.97. The Morgan fingerprint density at radius 2 is 1.80 bits per heavy atom. The summed E-state index contributed by atoms with van der Waals surface area (Å²) in [5.74, 6) is 0. The quantitative estimate of drug-likeness (QED) is 0.851. The maximum atomic E-state index is 12.7. The molecule has 1 aliphatic heterocycles. The highest BCUT2D eigenvalue weighted by Gasteiger charge is 2.32. The van der Waals surface area contributed by atoms with Crippen molar-refractivity contribution in [2.75, 3.05) is 0 Å². The van der Waals surface area contributed by atoms with E-state index >= 15 is 0 Å². The Labute approximate surface area is 114 Å². The van der Waals surface area contributed by atoms with Gasteiger partial charge in [-0.05, 0) is 39.0 Å². The maximum absolute atomic E-state index is 12.7. The number of pyridine rings is 1.